The average Bonchev–Trinajstić information content (AvgIpc) is 2.38. The Labute approximate surface area is 111 Å². The number of carbonyl (C=O) groups excluding carboxylic acids is 2. The number of aromatic nitrogens is 2. The predicted molar refractivity (Wildman–Crippen MR) is 69.2 cm³/mol. The molecule has 7 nitrogen and oxygen atoms in total. The summed E-state index contributed by atoms with van der Waals surface area (Å²) in [6, 6.07) is 0. The molecule has 0 aromatic carbocycles. The Morgan fingerprint density at radius 1 is 1.21 bits per heavy atom. The van der Waals surface area contributed by atoms with E-state index in [-0.39, 0.29) is 24.9 Å². The van der Waals surface area contributed by atoms with Gasteiger partial charge in [-0.25, -0.2) is 4.98 Å². The van der Waals surface area contributed by atoms with E-state index in [1.807, 2.05) is 6.92 Å². The summed E-state index contributed by atoms with van der Waals surface area (Å²) in [7, 11) is 1.63. The van der Waals surface area contributed by atoms with Gasteiger partial charge >= 0.3 is 0 Å². The number of likely N-dealkylation sites (N-methyl/N-ethyl adjacent to an activating group) is 1. The molecule has 0 unspecified atom stereocenters. The quantitative estimate of drug-likeness (QED) is 0.807. The highest BCUT2D eigenvalue weighted by atomic mass is 16.2. The molecule has 19 heavy (non-hydrogen) atoms. The molecule has 7 heteroatoms. The van der Waals surface area contributed by atoms with Crippen molar-refractivity contribution in [3.8, 4) is 0 Å². The van der Waals surface area contributed by atoms with E-state index in [0.29, 0.717) is 18.1 Å². The SMILES string of the molecule is CCNc1cnc(CN2CC(=O)N(C)CC2=O)cn1. The van der Waals surface area contributed by atoms with Crippen molar-refractivity contribution in [2.24, 2.45) is 0 Å². The number of hydrogen-bond donors (Lipinski definition) is 1. The van der Waals surface area contributed by atoms with Crippen LogP contribution in [0.15, 0.2) is 12.4 Å². The van der Waals surface area contributed by atoms with E-state index in [0.717, 1.165) is 6.54 Å². The van der Waals surface area contributed by atoms with Gasteiger partial charge in [0.2, 0.25) is 11.8 Å². The molecule has 1 saturated heterocycles. The van der Waals surface area contributed by atoms with Crippen LogP contribution in [0.5, 0.6) is 0 Å². The predicted octanol–water partition coefficient (Wildman–Crippen LogP) is -0.291. The van der Waals surface area contributed by atoms with E-state index in [1.54, 1.807) is 19.4 Å². The molecule has 1 aliphatic rings. The molecular formula is C12H17N5O2. The average molecular weight is 263 g/mol. The van der Waals surface area contributed by atoms with Crippen molar-refractivity contribution in [2.45, 2.75) is 13.5 Å². The minimum Gasteiger partial charge on any atom is -0.369 e. The lowest BCUT2D eigenvalue weighted by molar-refractivity contribution is -0.149. The van der Waals surface area contributed by atoms with Crippen LogP contribution in [0.25, 0.3) is 0 Å². The van der Waals surface area contributed by atoms with Crippen LogP contribution in [0.4, 0.5) is 5.82 Å². The Hall–Kier alpha value is -2.18. The summed E-state index contributed by atoms with van der Waals surface area (Å²) in [5.74, 6) is 0.573. The number of anilines is 1. The van der Waals surface area contributed by atoms with Crippen molar-refractivity contribution in [1.82, 2.24) is 19.8 Å². The third-order valence-electron chi connectivity index (χ3n) is 2.89. The standard InChI is InChI=1S/C12H17N5O2/c1-3-13-10-5-14-9(4-15-10)6-17-8-11(18)16(2)7-12(17)19/h4-5H,3,6-8H2,1-2H3,(H,13,15). The number of piperazine rings is 1. The maximum atomic E-state index is 11.8. The van der Waals surface area contributed by atoms with Gasteiger partial charge in [-0.15, -0.1) is 0 Å². The monoisotopic (exact) mass is 263 g/mol. The maximum Gasteiger partial charge on any atom is 0.243 e. The molecule has 0 saturated carbocycles. The topological polar surface area (TPSA) is 78.4 Å². The second kappa shape index (κ2) is 5.64. The Morgan fingerprint density at radius 3 is 2.63 bits per heavy atom. The summed E-state index contributed by atoms with van der Waals surface area (Å²) >= 11 is 0. The first-order chi connectivity index (χ1) is 9.10. The van der Waals surface area contributed by atoms with Crippen LogP contribution in [0.2, 0.25) is 0 Å². The molecular weight excluding hydrogens is 246 g/mol. The Balaban J connectivity index is 2.00. The third-order valence-corrected chi connectivity index (χ3v) is 2.89. The lowest BCUT2D eigenvalue weighted by Gasteiger charge is -2.31. The number of hydrogen-bond acceptors (Lipinski definition) is 5. The summed E-state index contributed by atoms with van der Waals surface area (Å²) in [5, 5.41) is 3.05. The van der Waals surface area contributed by atoms with Crippen LogP contribution in [0.3, 0.4) is 0 Å². The first kappa shape index (κ1) is 13.3. The molecule has 0 aliphatic carbocycles. The van der Waals surface area contributed by atoms with Crippen molar-refractivity contribution in [3.05, 3.63) is 18.1 Å². The molecule has 1 N–H and O–H groups in total. The lowest BCUT2D eigenvalue weighted by Crippen LogP contribution is -2.51. The molecule has 102 valence electrons. The van der Waals surface area contributed by atoms with Crippen LogP contribution >= 0.6 is 0 Å². The molecule has 0 spiro atoms. The van der Waals surface area contributed by atoms with Crippen LogP contribution in [-0.2, 0) is 16.1 Å². The maximum absolute atomic E-state index is 11.8. The van der Waals surface area contributed by atoms with Gasteiger partial charge < -0.3 is 15.1 Å². The molecule has 0 atom stereocenters. The number of carbonyl (C=O) groups is 2. The van der Waals surface area contributed by atoms with Gasteiger partial charge in [-0.1, -0.05) is 0 Å². The van der Waals surface area contributed by atoms with E-state index in [4.69, 9.17) is 0 Å². The largest absolute Gasteiger partial charge is 0.369 e. The number of nitrogens with zero attached hydrogens (tertiary/aromatic N) is 4. The fourth-order valence-electron chi connectivity index (χ4n) is 1.81. The second-order valence-electron chi connectivity index (χ2n) is 4.42. The third kappa shape index (κ3) is 3.18. The van der Waals surface area contributed by atoms with Crippen LogP contribution in [-0.4, -0.2) is 58.3 Å². The molecule has 0 bridgehead atoms. The zero-order valence-electron chi connectivity index (χ0n) is 11.1. The van der Waals surface area contributed by atoms with E-state index in [9.17, 15) is 9.59 Å². The fraction of sp³-hybridized carbons (Fsp3) is 0.500. The molecule has 1 aromatic rings. The number of nitrogens with one attached hydrogen (secondary N) is 1. The lowest BCUT2D eigenvalue weighted by atomic mass is 10.3. The summed E-state index contributed by atoms with van der Waals surface area (Å²) in [6.45, 7) is 3.30. The van der Waals surface area contributed by atoms with Gasteiger partial charge in [-0.05, 0) is 6.92 Å². The summed E-state index contributed by atoms with van der Waals surface area (Å²) in [6.07, 6.45) is 3.25. The Morgan fingerprint density at radius 2 is 2.00 bits per heavy atom. The molecule has 2 rings (SSSR count). The highest BCUT2D eigenvalue weighted by Gasteiger charge is 2.27. The summed E-state index contributed by atoms with van der Waals surface area (Å²) in [5.41, 5.74) is 0.673. The minimum absolute atomic E-state index is 0.0585. The first-order valence-corrected chi connectivity index (χ1v) is 6.16. The van der Waals surface area contributed by atoms with Gasteiger partial charge in [0.15, 0.2) is 0 Å². The molecule has 1 aliphatic heterocycles. The van der Waals surface area contributed by atoms with Crippen molar-refractivity contribution in [2.75, 3.05) is 32.0 Å². The fourth-order valence-corrected chi connectivity index (χ4v) is 1.81. The highest BCUT2D eigenvalue weighted by Crippen LogP contribution is 2.08. The van der Waals surface area contributed by atoms with Crippen molar-refractivity contribution < 1.29 is 9.59 Å². The van der Waals surface area contributed by atoms with Crippen LogP contribution < -0.4 is 5.32 Å². The number of amides is 2. The van der Waals surface area contributed by atoms with Gasteiger partial charge in [0.05, 0.1) is 31.2 Å². The molecule has 0 radical (unpaired) electrons. The van der Waals surface area contributed by atoms with Gasteiger partial charge in [-0.3, -0.25) is 14.6 Å². The highest BCUT2D eigenvalue weighted by molar-refractivity contribution is 5.92. The van der Waals surface area contributed by atoms with Gasteiger partial charge in [-0.2, -0.15) is 0 Å². The van der Waals surface area contributed by atoms with Crippen molar-refractivity contribution in [1.29, 1.82) is 0 Å². The normalized spacial score (nSPS) is 15.9. The van der Waals surface area contributed by atoms with Crippen LogP contribution in [0, 0.1) is 0 Å². The van der Waals surface area contributed by atoms with Crippen molar-refractivity contribution >= 4 is 17.6 Å². The molecule has 1 aromatic heterocycles. The van der Waals surface area contributed by atoms with Gasteiger partial charge in [0.1, 0.15) is 12.4 Å². The van der Waals surface area contributed by atoms with E-state index < -0.39 is 0 Å². The van der Waals surface area contributed by atoms with E-state index >= 15 is 0 Å². The van der Waals surface area contributed by atoms with Crippen molar-refractivity contribution in [3.63, 3.8) is 0 Å². The Bertz CT molecular complexity index is 474. The van der Waals surface area contributed by atoms with E-state index in [1.165, 1.54) is 9.80 Å². The van der Waals surface area contributed by atoms with Gasteiger partial charge in [0, 0.05) is 13.6 Å². The first-order valence-electron chi connectivity index (χ1n) is 6.16. The number of rotatable bonds is 4. The summed E-state index contributed by atoms with van der Waals surface area (Å²) < 4.78 is 0. The summed E-state index contributed by atoms with van der Waals surface area (Å²) in [4.78, 5) is 34.7. The zero-order valence-corrected chi connectivity index (χ0v) is 11.1. The minimum atomic E-state index is -0.0698. The molecule has 2 heterocycles. The smallest absolute Gasteiger partial charge is 0.243 e. The molecule has 2 amide bonds. The van der Waals surface area contributed by atoms with Gasteiger partial charge in [0.25, 0.3) is 0 Å². The Kier molecular flexibility index (Phi) is 3.94. The second-order valence-corrected chi connectivity index (χ2v) is 4.42. The zero-order chi connectivity index (χ0) is 13.8. The molecule has 1 fully saturated rings. The van der Waals surface area contributed by atoms with Crippen LogP contribution in [0.1, 0.15) is 12.6 Å². The van der Waals surface area contributed by atoms with E-state index in [2.05, 4.69) is 15.3 Å².